The van der Waals surface area contributed by atoms with Gasteiger partial charge in [0, 0.05) is 5.33 Å². The molecule has 0 aromatic rings. The highest BCUT2D eigenvalue weighted by Crippen LogP contribution is 2.14. The second-order valence-corrected chi connectivity index (χ2v) is 4.26. The Bertz CT molecular complexity index is 123. The smallest absolute Gasteiger partial charge is 0.0244 e. The first-order valence-corrected chi connectivity index (χ1v) is 5.45. The molecule has 66 valence electrons. The van der Waals surface area contributed by atoms with Crippen LogP contribution in [0.15, 0.2) is 11.6 Å². The van der Waals surface area contributed by atoms with Crippen molar-refractivity contribution >= 4 is 15.9 Å². The Morgan fingerprint density at radius 3 is 2.09 bits per heavy atom. The average molecular weight is 219 g/mol. The van der Waals surface area contributed by atoms with E-state index in [-0.39, 0.29) is 0 Å². The summed E-state index contributed by atoms with van der Waals surface area (Å²) in [6, 6.07) is 0. The highest BCUT2D eigenvalue weighted by atomic mass is 79.9. The van der Waals surface area contributed by atoms with Crippen molar-refractivity contribution in [3.8, 4) is 0 Å². The van der Waals surface area contributed by atoms with Crippen LogP contribution in [0.1, 0.15) is 34.1 Å². The average Bonchev–Trinajstić information content (AvgIpc) is 1.87. The van der Waals surface area contributed by atoms with Crippen molar-refractivity contribution < 1.29 is 0 Å². The number of allylic oxidation sites excluding steroid dienone is 2. The van der Waals surface area contributed by atoms with E-state index in [1.165, 1.54) is 12.0 Å². The SMILES string of the molecule is CC(C)C/C=C(/CBr)C(C)C. The number of hydrogen-bond donors (Lipinski definition) is 0. The summed E-state index contributed by atoms with van der Waals surface area (Å²) in [5.74, 6) is 1.47. The van der Waals surface area contributed by atoms with Crippen LogP contribution in [0, 0.1) is 11.8 Å². The lowest BCUT2D eigenvalue weighted by Gasteiger charge is -2.08. The van der Waals surface area contributed by atoms with E-state index in [1.807, 2.05) is 0 Å². The molecular formula is C10H19Br. The van der Waals surface area contributed by atoms with Crippen molar-refractivity contribution in [1.82, 2.24) is 0 Å². The molecular weight excluding hydrogens is 200 g/mol. The lowest BCUT2D eigenvalue weighted by atomic mass is 10.0. The van der Waals surface area contributed by atoms with Gasteiger partial charge in [-0.15, -0.1) is 0 Å². The highest BCUT2D eigenvalue weighted by molar-refractivity contribution is 9.09. The second-order valence-electron chi connectivity index (χ2n) is 3.70. The largest absolute Gasteiger partial charge is 0.0880 e. The van der Waals surface area contributed by atoms with Gasteiger partial charge in [-0.25, -0.2) is 0 Å². The summed E-state index contributed by atoms with van der Waals surface area (Å²) in [4.78, 5) is 0. The zero-order chi connectivity index (χ0) is 8.85. The third kappa shape index (κ3) is 5.49. The van der Waals surface area contributed by atoms with E-state index in [0.717, 1.165) is 11.2 Å². The molecule has 0 bridgehead atoms. The van der Waals surface area contributed by atoms with Crippen LogP contribution >= 0.6 is 15.9 Å². The van der Waals surface area contributed by atoms with Crippen LogP contribution in [0.3, 0.4) is 0 Å². The van der Waals surface area contributed by atoms with Crippen molar-refractivity contribution in [2.75, 3.05) is 5.33 Å². The third-order valence-electron chi connectivity index (χ3n) is 1.75. The predicted octanol–water partition coefficient (Wildman–Crippen LogP) is 4.01. The summed E-state index contributed by atoms with van der Waals surface area (Å²) in [5.41, 5.74) is 1.53. The molecule has 0 aromatic carbocycles. The molecule has 0 radical (unpaired) electrons. The molecule has 11 heavy (non-hydrogen) atoms. The molecule has 0 spiro atoms. The van der Waals surface area contributed by atoms with E-state index in [0.29, 0.717) is 5.92 Å². The Morgan fingerprint density at radius 2 is 1.82 bits per heavy atom. The Kier molecular flexibility index (Phi) is 5.93. The molecule has 0 aliphatic heterocycles. The summed E-state index contributed by atoms with van der Waals surface area (Å²) < 4.78 is 0. The van der Waals surface area contributed by atoms with Gasteiger partial charge in [-0.3, -0.25) is 0 Å². The molecule has 1 heteroatoms. The summed E-state index contributed by atoms with van der Waals surface area (Å²) in [6.45, 7) is 8.99. The van der Waals surface area contributed by atoms with Gasteiger partial charge in [0.2, 0.25) is 0 Å². The van der Waals surface area contributed by atoms with Crippen LogP contribution in [-0.4, -0.2) is 5.33 Å². The highest BCUT2D eigenvalue weighted by Gasteiger charge is 2.00. The number of halogens is 1. The molecule has 0 aromatic heterocycles. The molecule has 0 fully saturated rings. The first kappa shape index (κ1) is 11.2. The maximum absolute atomic E-state index is 3.50. The van der Waals surface area contributed by atoms with Gasteiger partial charge in [-0.05, 0) is 18.3 Å². The van der Waals surface area contributed by atoms with Crippen molar-refractivity contribution in [3.63, 3.8) is 0 Å². The van der Waals surface area contributed by atoms with E-state index in [1.54, 1.807) is 0 Å². The topological polar surface area (TPSA) is 0 Å². The van der Waals surface area contributed by atoms with Gasteiger partial charge in [-0.2, -0.15) is 0 Å². The normalized spacial score (nSPS) is 13.2. The summed E-state index contributed by atoms with van der Waals surface area (Å²) >= 11 is 3.50. The summed E-state index contributed by atoms with van der Waals surface area (Å²) in [7, 11) is 0. The maximum Gasteiger partial charge on any atom is 0.0244 e. The fraction of sp³-hybridized carbons (Fsp3) is 0.800. The molecule has 0 atom stereocenters. The molecule has 0 N–H and O–H groups in total. The van der Waals surface area contributed by atoms with Crippen molar-refractivity contribution in [2.24, 2.45) is 11.8 Å². The molecule has 0 saturated carbocycles. The molecule has 0 rings (SSSR count). The third-order valence-corrected chi connectivity index (χ3v) is 2.39. The first-order valence-electron chi connectivity index (χ1n) is 4.32. The van der Waals surface area contributed by atoms with Gasteiger partial charge in [-0.1, -0.05) is 55.3 Å². The predicted molar refractivity (Wildman–Crippen MR) is 56.2 cm³/mol. The monoisotopic (exact) mass is 218 g/mol. The van der Waals surface area contributed by atoms with E-state index in [9.17, 15) is 0 Å². The minimum absolute atomic E-state index is 0.688. The molecule has 0 heterocycles. The van der Waals surface area contributed by atoms with Crippen LogP contribution in [0.25, 0.3) is 0 Å². The number of rotatable bonds is 4. The molecule has 0 aliphatic rings. The van der Waals surface area contributed by atoms with E-state index in [4.69, 9.17) is 0 Å². The molecule has 0 nitrogen and oxygen atoms in total. The minimum atomic E-state index is 0.688. The summed E-state index contributed by atoms with van der Waals surface area (Å²) in [5, 5.41) is 1.03. The van der Waals surface area contributed by atoms with E-state index in [2.05, 4.69) is 49.7 Å². The zero-order valence-electron chi connectivity index (χ0n) is 8.02. The van der Waals surface area contributed by atoms with Crippen molar-refractivity contribution in [3.05, 3.63) is 11.6 Å². The van der Waals surface area contributed by atoms with Crippen LogP contribution in [0.5, 0.6) is 0 Å². The van der Waals surface area contributed by atoms with Gasteiger partial charge in [0.15, 0.2) is 0 Å². The van der Waals surface area contributed by atoms with Gasteiger partial charge in [0.05, 0.1) is 0 Å². The van der Waals surface area contributed by atoms with Gasteiger partial charge in [0.25, 0.3) is 0 Å². The first-order chi connectivity index (χ1) is 5.07. The quantitative estimate of drug-likeness (QED) is 0.495. The maximum atomic E-state index is 3.50. The van der Waals surface area contributed by atoms with E-state index >= 15 is 0 Å². The lowest BCUT2D eigenvalue weighted by Crippen LogP contribution is -1.96. The fourth-order valence-corrected chi connectivity index (χ4v) is 1.71. The Morgan fingerprint density at radius 1 is 1.27 bits per heavy atom. The molecule has 0 amide bonds. The Labute approximate surface area is 79.2 Å². The minimum Gasteiger partial charge on any atom is -0.0880 e. The van der Waals surface area contributed by atoms with Gasteiger partial charge < -0.3 is 0 Å². The number of hydrogen-bond acceptors (Lipinski definition) is 0. The van der Waals surface area contributed by atoms with Crippen molar-refractivity contribution in [2.45, 2.75) is 34.1 Å². The van der Waals surface area contributed by atoms with Crippen LogP contribution in [0.4, 0.5) is 0 Å². The van der Waals surface area contributed by atoms with E-state index < -0.39 is 0 Å². The molecule has 0 saturated heterocycles. The van der Waals surface area contributed by atoms with Crippen LogP contribution < -0.4 is 0 Å². The fourth-order valence-electron chi connectivity index (χ4n) is 0.832. The molecule has 0 unspecified atom stereocenters. The lowest BCUT2D eigenvalue weighted by molar-refractivity contribution is 0.652. The Balaban J connectivity index is 3.91. The van der Waals surface area contributed by atoms with Gasteiger partial charge >= 0.3 is 0 Å². The number of alkyl halides is 1. The van der Waals surface area contributed by atoms with Crippen molar-refractivity contribution in [1.29, 1.82) is 0 Å². The zero-order valence-corrected chi connectivity index (χ0v) is 9.61. The summed E-state index contributed by atoms with van der Waals surface area (Å²) in [6.07, 6.45) is 3.57. The van der Waals surface area contributed by atoms with Crippen LogP contribution in [0.2, 0.25) is 0 Å². The van der Waals surface area contributed by atoms with Gasteiger partial charge in [0.1, 0.15) is 0 Å². The Hall–Kier alpha value is 0.220. The van der Waals surface area contributed by atoms with Crippen LogP contribution in [-0.2, 0) is 0 Å². The standard InChI is InChI=1S/C10H19Br/c1-8(2)5-6-10(7-11)9(3)4/h6,8-9H,5,7H2,1-4H3/b10-6-. The second kappa shape index (κ2) is 5.82. The molecule has 0 aliphatic carbocycles.